The van der Waals surface area contributed by atoms with Crippen LogP contribution >= 0.6 is 27.5 Å². The third-order valence-corrected chi connectivity index (χ3v) is 3.80. The Morgan fingerprint density at radius 2 is 1.90 bits per heavy atom. The summed E-state index contributed by atoms with van der Waals surface area (Å²) >= 11 is 4.44. The molecule has 1 aromatic carbocycles. The maximum absolute atomic E-state index is 12.0. The van der Waals surface area contributed by atoms with Crippen molar-refractivity contribution in [1.29, 1.82) is 0 Å². The minimum Gasteiger partial charge on any atom is -0.456 e. The molecule has 6 heteroatoms. The highest BCUT2D eigenvalue weighted by atomic mass is 79.9. The van der Waals surface area contributed by atoms with Crippen LogP contribution in [0.15, 0.2) is 28.7 Å². The summed E-state index contributed by atoms with van der Waals surface area (Å²) in [5, 5.41) is 0. The molecule has 2 N–H and O–H groups in total. The Morgan fingerprint density at radius 3 is 2.45 bits per heavy atom. The van der Waals surface area contributed by atoms with Gasteiger partial charge in [-0.25, -0.2) is 4.79 Å². The Balaban J connectivity index is 2.32. The molecular formula is C14H15BrN2O2S. The lowest BCUT2D eigenvalue weighted by atomic mass is 10.1. The van der Waals surface area contributed by atoms with E-state index in [1.807, 2.05) is 45.0 Å². The highest BCUT2D eigenvalue weighted by Gasteiger charge is 2.24. The average Bonchev–Trinajstić information content (AvgIpc) is 2.70. The van der Waals surface area contributed by atoms with E-state index >= 15 is 0 Å². The van der Waals surface area contributed by atoms with Gasteiger partial charge in [0.2, 0.25) is 0 Å². The van der Waals surface area contributed by atoms with E-state index < -0.39 is 11.6 Å². The molecule has 0 amide bonds. The van der Waals surface area contributed by atoms with E-state index in [2.05, 4.69) is 20.3 Å². The molecule has 0 aliphatic carbocycles. The van der Waals surface area contributed by atoms with E-state index in [0.29, 0.717) is 16.3 Å². The number of carbonyl (C=O) groups excluding carboxylic acids is 1. The van der Waals surface area contributed by atoms with Gasteiger partial charge in [0.25, 0.3) is 0 Å². The normalized spacial score (nSPS) is 11.4. The summed E-state index contributed by atoms with van der Waals surface area (Å²) in [6, 6.07) is 7.60. The molecule has 0 radical (unpaired) electrons. The number of nitrogens with zero attached hydrogens (tertiary/aromatic N) is 1. The predicted octanol–water partition coefficient (Wildman–Crippen LogP) is 4.11. The van der Waals surface area contributed by atoms with Crippen molar-refractivity contribution in [2.45, 2.75) is 26.4 Å². The summed E-state index contributed by atoms with van der Waals surface area (Å²) in [4.78, 5) is 12.4. The second-order valence-electron chi connectivity index (χ2n) is 5.28. The topological polar surface area (TPSA) is 65.2 Å². The lowest BCUT2D eigenvalue weighted by molar-refractivity contribution is 0.00764. The second kappa shape index (κ2) is 5.54. The zero-order chi connectivity index (χ0) is 14.9. The fourth-order valence-corrected chi connectivity index (χ4v) is 2.55. The highest BCUT2D eigenvalue weighted by Crippen LogP contribution is 2.32. The Kier molecular flexibility index (Phi) is 4.15. The minimum atomic E-state index is -0.550. The number of rotatable bonds is 2. The van der Waals surface area contributed by atoms with E-state index in [1.54, 1.807) is 0 Å². The maximum Gasteiger partial charge on any atom is 0.352 e. The van der Waals surface area contributed by atoms with Gasteiger partial charge < -0.3 is 10.5 Å². The van der Waals surface area contributed by atoms with E-state index in [4.69, 9.17) is 10.5 Å². The molecule has 2 aromatic rings. The van der Waals surface area contributed by atoms with E-state index in [0.717, 1.165) is 21.6 Å². The quantitative estimate of drug-likeness (QED) is 0.824. The van der Waals surface area contributed by atoms with Crippen LogP contribution in [0.2, 0.25) is 0 Å². The van der Waals surface area contributed by atoms with Crippen LogP contribution in [0.4, 0.5) is 5.69 Å². The Labute approximate surface area is 130 Å². The number of halogens is 1. The largest absolute Gasteiger partial charge is 0.456 e. The third kappa shape index (κ3) is 3.37. The van der Waals surface area contributed by atoms with Crippen molar-refractivity contribution in [3.63, 3.8) is 0 Å². The van der Waals surface area contributed by atoms with Crippen molar-refractivity contribution < 1.29 is 9.53 Å². The first-order valence-corrected chi connectivity index (χ1v) is 7.59. The molecule has 0 unspecified atom stereocenters. The van der Waals surface area contributed by atoms with Gasteiger partial charge in [0, 0.05) is 10.0 Å². The van der Waals surface area contributed by atoms with Gasteiger partial charge in [-0.05, 0) is 44.4 Å². The lowest BCUT2D eigenvalue weighted by Crippen LogP contribution is -2.23. The molecule has 0 fully saturated rings. The second-order valence-corrected chi connectivity index (χ2v) is 6.97. The number of hydrogen-bond donors (Lipinski definition) is 1. The van der Waals surface area contributed by atoms with Gasteiger partial charge in [-0.3, -0.25) is 0 Å². The molecule has 0 aliphatic rings. The van der Waals surface area contributed by atoms with Crippen molar-refractivity contribution in [2.75, 3.05) is 5.73 Å². The van der Waals surface area contributed by atoms with Gasteiger partial charge in [0.15, 0.2) is 4.88 Å². The molecule has 20 heavy (non-hydrogen) atoms. The Morgan fingerprint density at radius 1 is 1.30 bits per heavy atom. The molecular weight excluding hydrogens is 340 g/mol. The van der Waals surface area contributed by atoms with Gasteiger partial charge in [0.05, 0.1) is 5.69 Å². The first-order chi connectivity index (χ1) is 9.28. The van der Waals surface area contributed by atoms with Crippen molar-refractivity contribution in [1.82, 2.24) is 4.37 Å². The fraction of sp³-hybridized carbons (Fsp3) is 0.286. The maximum atomic E-state index is 12.0. The number of carbonyl (C=O) groups is 1. The molecule has 1 heterocycles. The molecule has 0 atom stereocenters. The van der Waals surface area contributed by atoms with Gasteiger partial charge >= 0.3 is 5.97 Å². The van der Waals surface area contributed by atoms with Crippen molar-refractivity contribution >= 4 is 39.1 Å². The van der Waals surface area contributed by atoms with Crippen LogP contribution in [-0.4, -0.2) is 15.9 Å². The number of anilines is 1. The Hall–Kier alpha value is -1.40. The summed E-state index contributed by atoms with van der Waals surface area (Å²) in [5.41, 5.74) is 7.33. The number of nitrogen functional groups attached to an aromatic ring is 1. The molecule has 0 bridgehead atoms. The van der Waals surface area contributed by atoms with Gasteiger partial charge in [0.1, 0.15) is 11.3 Å². The summed E-state index contributed by atoms with van der Waals surface area (Å²) in [6.07, 6.45) is 0. The predicted molar refractivity (Wildman–Crippen MR) is 84.8 cm³/mol. The molecule has 0 saturated carbocycles. The number of nitrogens with two attached hydrogens (primary N) is 1. The van der Waals surface area contributed by atoms with Crippen LogP contribution in [0.1, 0.15) is 30.4 Å². The fourth-order valence-electron chi connectivity index (χ4n) is 1.58. The zero-order valence-electron chi connectivity index (χ0n) is 11.4. The van der Waals surface area contributed by atoms with Gasteiger partial charge in [-0.15, -0.1) is 0 Å². The number of aromatic nitrogens is 1. The zero-order valence-corrected chi connectivity index (χ0v) is 13.8. The summed E-state index contributed by atoms with van der Waals surface area (Å²) in [5.74, 6) is -0.434. The summed E-state index contributed by atoms with van der Waals surface area (Å²) in [6.45, 7) is 5.45. The monoisotopic (exact) mass is 354 g/mol. The molecule has 0 aliphatic heterocycles. The minimum absolute atomic E-state index is 0.345. The summed E-state index contributed by atoms with van der Waals surface area (Å²) in [7, 11) is 0. The van der Waals surface area contributed by atoms with Crippen LogP contribution in [0, 0.1) is 0 Å². The van der Waals surface area contributed by atoms with Crippen LogP contribution in [0.5, 0.6) is 0 Å². The molecule has 0 spiro atoms. The van der Waals surface area contributed by atoms with Gasteiger partial charge in [-0.1, -0.05) is 28.1 Å². The van der Waals surface area contributed by atoms with E-state index in [1.165, 1.54) is 0 Å². The van der Waals surface area contributed by atoms with Crippen LogP contribution < -0.4 is 5.73 Å². The van der Waals surface area contributed by atoms with E-state index in [-0.39, 0.29) is 0 Å². The van der Waals surface area contributed by atoms with Crippen LogP contribution in [0.3, 0.4) is 0 Å². The highest BCUT2D eigenvalue weighted by molar-refractivity contribution is 9.10. The lowest BCUT2D eigenvalue weighted by Gasteiger charge is -2.18. The summed E-state index contributed by atoms with van der Waals surface area (Å²) < 4.78 is 10.6. The SMILES string of the molecule is CC(C)(C)OC(=O)c1snc(-c2ccc(Br)cc2)c1N. The molecule has 4 nitrogen and oxygen atoms in total. The third-order valence-electron chi connectivity index (χ3n) is 2.43. The Bertz CT molecular complexity index is 630. The molecule has 2 rings (SSSR count). The number of esters is 1. The molecule has 0 saturated heterocycles. The van der Waals surface area contributed by atoms with Crippen molar-refractivity contribution in [3.8, 4) is 11.3 Å². The smallest absolute Gasteiger partial charge is 0.352 e. The first-order valence-electron chi connectivity index (χ1n) is 6.02. The van der Waals surface area contributed by atoms with E-state index in [9.17, 15) is 4.79 Å². The van der Waals surface area contributed by atoms with Crippen molar-refractivity contribution in [2.24, 2.45) is 0 Å². The number of hydrogen-bond acceptors (Lipinski definition) is 5. The number of benzene rings is 1. The van der Waals surface area contributed by atoms with Crippen molar-refractivity contribution in [3.05, 3.63) is 33.6 Å². The molecule has 1 aromatic heterocycles. The van der Waals surface area contributed by atoms with Crippen LogP contribution in [-0.2, 0) is 4.74 Å². The molecule has 106 valence electrons. The standard InChI is InChI=1S/C14H15BrN2O2S/c1-14(2,3)19-13(18)12-10(16)11(17-20-12)8-4-6-9(15)7-5-8/h4-7H,16H2,1-3H3. The van der Waals surface area contributed by atoms with Gasteiger partial charge in [-0.2, -0.15) is 4.37 Å². The number of ether oxygens (including phenoxy) is 1. The average molecular weight is 355 g/mol. The van der Waals surface area contributed by atoms with Crippen LogP contribution in [0.25, 0.3) is 11.3 Å². The first kappa shape index (κ1) is 15.0.